The first kappa shape index (κ1) is 18.5. The number of hydrogen-bond donors (Lipinski definition) is 0. The summed E-state index contributed by atoms with van der Waals surface area (Å²) < 4.78 is 7.74. The number of ether oxygens (including phenoxy) is 1. The predicted octanol–water partition coefficient (Wildman–Crippen LogP) is 5.23. The molecule has 0 radical (unpaired) electrons. The van der Waals surface area contributed by atoms with Gasteiger partial charge in [0.1, 0.15) is 5.03 Å². The summed E-state index contributed by atoms with van der Waals surface area (Å²) in [5.74, 6) is 0.312. The van der Waals surface area contributed by atoms with Crippen LogP contribution in [-0.4, -0.2) is 21.6 Å². The SMILES string of the molecule is COc1nc(C(C)C)c(Sc2cc(C)cc(C)c2)n1Cc1cccnc1. The van der Waals surface area contributed by atoms with Crippen LogP contribution >= 0.6 is 11.8 Å². The van der Waals surface area contributed by atoms with E-state index in [0.717, 1.165) is 16.3 Å². The van der Waals surface area contributed by atoms with E-state index in [1.54, 1.807) is 25.1 Å². The maximum atomic E-state index is 5.59. The number of nitrogens with zero attached hydrogens (tertiary/aromatic N) is 3. The van der Waals surface area contributed by atoms with E-state index in [2.05, 4.69) is 61.5 Å². The van der Waals surface area contributed by atoms with E-state index in [0.29, 0.717) is 18.5 Å². The van der Waals surface area contributed by atoms with Gasteiger partial charge in [-0.05, 0) is 54.7 Å². The summed E-state index contributed by atoms with van der Waals surface area (Å²) in [6.45, 7) is 9.29. The third kappa shape index (κ3) is 4.10. The summed E-state index contributed by atoms with van der Waals surface area (Å²) in [5.41, 5.74) is 4.73. The molecule has 4 nitrogen and oxygen atoms in total. The molecule has 2 aromatic heterocycles. The monoisotopic (exact) mass is 367 g/mol. The average Bonchev–Trinajstić information content (AvgIpc) is 2.93. The number of hydrogen-bond acceptors (Lipinski definition) is 4. The van der Waals surface area contributed by atoms with E-state index < -0.39 is 0 Å². The van der Waals surface area contributed by atoms with Crippen molar-refractivity contribution in [2.75, 3.05) is 7.11 Å². The lowest BCUT2D eigenvalue weighted by Gasteiger charge is -2.13. The molecule has 136 valence electrons. The second-order valence-corrected chi connectivity index (χ2v) is 7.88. The second kappa shape index (κ2) is 7.96. The van der Waals surface area contributed by atoms with Crippen LogP contribution in [0.1, 0.15) is 42.1 Å². The zero-order chi connectivity index (χ0) is 18.7. The van der Waals surface area contributed by atoms with Gasteiger partial charge in [0, 0.05) is 17.3 Å². The van der Waals surface area contributed by atoms with Crippen molar-refractivity contribution in [2.24, 2.45) is 0 Å². The van der Waals surface area contributed by atoms with Crippen molar-refractivity contribution < 1.29 is 4.74 Å². The number of aromatic nitrogens is 3. The van der Waals surface area contributed by atoms with Gasteiger partial charge in [0.15, 0.2) is 0 Å². The highest BCUT2D eigenvalue weighted by Gasteiger charge is 2.21. The number of pyridine rings is 1. The molecule has 3 rings (SSSR count). The predicted molar refractivity (Wildman–Crippen MR) is 106 cm³/mol. The zero-order valence-electron chi connectivity index (χ0n) is 16.0. The molecule has 0 fully saturated rings. The molecule has 0 aliphatic carbocycles. The molecular weight excluding hydrogens is 342 g/mol. The molecule has 3 aromatic rings. The fourth-order valence-electron chi connectivity index (χ4n) is 2.99. The van der Waals surface area contributed by atoms with Crippen molar-refractivity contribution in [3.8, 4) is 6.01 Å². The lowest BCUT2D eigenvalue weighted by molar-refractivity contribution is 0.356. The highest BCUT2D eigenvalue weighted by molar-refractivity contribution is 7.99. The summed E-state index contributed by atoms with van der Waals surface area (Å²) in [6.07, 6.45) is 3.68. The highest BCUT2D eigenvalue weighted by Crippen LogP contribution is 2.37. The molecule has 0 amide bonds. The van der Waals surface area contributed by atoms with E-state index in [4.69, 9.17) is 9.72 Å². The van der Waals surface area contributed by atoms with E-state index in [-0.39, 0.29) is 0 Å². The quantitative estimate of drug-likeness (QED) is 0.598. The molecule has 5 heteroatoms. The van der Waals surface area contributed by atoms with Crippen LogP contribution in [0.3, 0.4) is 0 Å². The standard InChI is InChI=1S/C21H25N3OS/c1-14(2)19-20(26-18-10-15(3)9-16(4)11-18)24(21(23-19)25-5)13-17-7-6-8-22-12-17/h6-12,14H,13H2,1-5H3. The van der Waals surface area contributed by atoms with Gasteiger partial charge in [-0.25, -0.2) is 0 Å². The Morgan fingerprint density at radius 1 is 1.15 bits per heavy atom. The van der Waals surface area contributed by atoms with Crippen LogP contribution < -0.4 is 4.74 Å². The van der Waals surface area contributed by atoms with Gasteiger partial charge in [-0.2, -0.15) is 4.98 Å². The van der Waals surface area contributed by atoms with Crippen molar-refractivity contribution in [1.29, 1.82) is 0 Å². The summed E-state index contributed by atoms with van der Waals surface area (Å²) in [7, 11) is 1.68. The van der Waals surface area contributed by atoms with Gasteiger partial charge in [0.05, 0.1) is 19.3 Å². The smallest absolute Gasteiger partial charge is 0.297 e. The van der Waals surface area contributed by atoms with Gasteiger partial charge in [-0.15, -0.1) is 0 Å². The maximum Gasteiger partial charge on any atom is 0.297 e. The lowest BCUT2D eigenvalue weighted by Crippen LogP contribution is -2.05. The zero-order valence-corrected chi connectivity index (χ0v) is 16.8. The molecule has 0 bridgehead atoms. The van der Waals surface area contributed by atoms with Crippen molar-refractivity contribution in [3.05, 3.63) is 65.1 Å². The van der Waals surface area contributed by atoms with Crippen LogP contribution in [0.4, 0.5) is 0 Å². The Balaban J connectivity index is 2.07. The topological polar surface area (TPSA) is 39.9 Å². The molecule has 26 heavy (non-hydrogen) atoms. The minimum absolute atomic E-state index is 0.312. The number of rotatable bonds is 6. The Morgan fingerprint density at radius 2 is 1.88 bits per heavy atom. The van der Waals surface area contributed by atoms with Crippen LogP contribution in [-0.2, 0) is 6.54 Å². The van der Waals surface area contributed by atoms with Crippen LogP contribution in [0.25, 0.3) is 0 Å². The van der Waals surface area contributed by atoms with Crippen LogP contribution in [0.2, 0.25) is 0 Å². The van der Waals surface area contributed by atoms with Gasteiger partial charge in [0.2, 0.25) is 0 Å². The number of imidazole rings is 1. The minimum atomic E-state index is 0.312. The van der Waals surface area contributed by atoms with Gasteiger partial charge in [-0.1, -0.05) is 37.7 Å². The van der Waals surface area contributed by atoms with E-state index in [1.807, 2.05) is 12.3 Å². The summed E-state index contributed by atoms with van der Waals surface area (Å²) in [5, 5.41) is 1.13. The number of aryl methyl sites for hydroxylation is 2. The molecule has 0 N–H and O–H groups in total. The molecule has 0 spiro atoms. The highest BCUT2D eigenvalue weighted by atomic mass is 32.2. The van der Waals surface area contributed by atoms with Crippen LogP contribution in [0.15, 0.2) is 52.6 Å². The third-order valence-corrected chi connectivity index (χ3v) is 5.21. The fourth-order valence-corrected chi connectivity index (χ4v) is 4.34. The molecule has 0 unspecified atom stereocenters. The van der Waals surface area contributed by atoms with Crippen molar-refractivity contribution in [1.82, 2.24) is 14.5 Å². The van der Waals surface area contributed by atoms with Gasteiger partial charge >= 0.3 is 0 Å². The normalized spacial score (nSPS) is 11.2. The first-order valence-corrected chi connectivity index (χ1v) is 9.59. The van der Waals surface area contributed by atoms with Gasteiger partial charge in [0.25, 0.3) is 6.01 Å². The molecule has 0 aliphatic rings. The molecule has 2 heterocycles. The Morgan fingerprint density at radius 3 is 2.46 bits per heavy atom. The molecular formula is C21H25N3OS. The van der Waals surface area contributed by atoms with E-state index >= 15 is 0 Å². The molecule has 0 saturated heterocycles. The van der Waals surface area contributed by atoms with Crippen molar-refractivity contribution in [3.63, 3.8) is 0 Å². The van der Waals surface area contributed by atoms with Crippen LogP contribution in [0.5, 0.6) is 6.01 Å². The molecule has 0 aliphatic heterocycles. The van der Waals surface area contributed by atoms with E-state index in [9.17, 15) is 0 Å². The van der Waals surface area contributed by atoms with Crippen molar-refractivity contribution in [2.45, 2.75) is 50.1 Å². The third-order valence-electron chi connectivity index (χ3n) is 4.11. The Hall–Kier alpha value is -2.27. The number of benzene rings is 1. The Kier molecular flexibility index (Phi) is 5.67. The maximum absolute atomic E-state index is 5.59. The van der Waals surface area contributed by atoms with E-state index in [1.165, 1.54) is 16.0 Å². The first-order valence-electron chi connectivity index (χ1n) is 8.77. The van der Waals surface area contributed by atoms with Crippen LogP contribution in [0, 0.1) is 13.8 Å². The average molecular weight is 368 g/mol. The Bertz CT molecular complexity index is 868. The molecule has 1 aromatic carbocycles. The first-order chi connectivity index (χ1) is 12.5. The van der Waals surface area contributed by atoms with Crippen molar-refractivity contribution >= 4 is 11.8 Å². The second-order valence-electron chi connectivity index (χ2n) is 6.82. The molecule has 0 saturated carbocycles. The fraction of sp³-hybridized carbons (Fsp3) is 0.333. The molecule has 0 atom stereocenters. The minimum Gasteiger partial charge on any atom is -0.468 e. The van der Waals surface area contributed by atoms with Gasteiger partial charge in [-0.3, -0.25) is 9.55 Å². The number of methoxy groups -OCH3 is 1. The lowest BCUT2D eigenvalue weighted by atomic mass is 10.1. The summed E-state index contributed by atoms with van der Waals surface area (Å²) in [4.78, 5) is 10.2. The Labute approximate surface area is 159 Å². The van der Waals surface area contributed by atoms with Gasteiger partial charge < -0.3 is 4.74 Å². The summed E-state index contributed by atoms with van der Waals surface area (Å²) in [6, 6.07) is 11.3. The summed E-state index contributed by atoms with van der Waals surface area (Å²) >= 11 is 1.75. The largest absolute Gasteiger partial charge is 0.468 e.